The zero-order valence-corrected chi connectivity index (χ0v) is 20.2. The molecule has 2 heterocycles. The summed E-state index contributed by atoms with van der Waals surface area (Å²) in [5.74, 6) is 0.0417. The number of carbonyl (C=O) groups excluding carboxylic acids is 1. The van der Waals surface area contributed by atoms with Crippen molar-refractivity contribution in [3.8, 4) is 0 Å². The minimum Gasteiger partial charge on any atom is -0.273 e. The quantitative estimate of drug-likeness (QED) is 0.189. The number of nitrogens with zero attached hydrogens (tertiary/aromatic N) is 3. The van der Waals surface area contributed by atoms with Crippen molar-refractivity contribution in [3.63, 3.8) is 0 Å². The molecule has 0 unspecified atom stereocenters. The number of halogens is 1. The Labute approximate surface area is 199 Å². The van der Waals surface area contributed by atoms with Crippen LogP contribution in [0.15, 0.2) is 67.2 Å². The van der Waals surface area contributed by atoms with E-state index >= 15 is 0 Å². The van der Waals surface area contributed by atoms with Gasteiger partial charge in [0.25, 0.3) is 0 Å². The van der Waals surface area contributed by atoms with Gasteiger partial charge in [-0.1, -0.05) is 74.9 Å². The second kappa shape index (κ2) is 16.3. The molecule has 4 nitrogen and oxygen atoms in total. The van der Waals surface area contributed by atoms with Gasteiger partial charge in [0, 0.05) is 25.0 Å². The van der Waals surface area contributed by atoms with Gasteiger partial charge in [-0.2, -0.15) is 0 Å². The molecule has 0 aliphatic heterocycles. The molecular formula is C27H38ClN3O. The number of amides is 1. The van der Waals surface area contributed by atoms with Crippen molar-refractivity contribution in [2.24, 2.45) is 0 Å². The van der Waals surface area contributed by atoms with E-state index in [2.05, 4.69) is 36.2 Å². The Bertz CT molecular complexity index is 813. The normalized spacial score (nSPS) is 11.6. The lowest BCUT2D eigenvalue weighted by molar-refractivity contribution is -0.119. The van der Waals surface area contributed by atoms with Crippen molar-refractivity contribution in [1.29, 1.82) is 0 Å². The Kier molecular flexibility index (Phi) is 13.2. The van der Waals surface area contributed by atoms with Crippen LogP contribution in [0.3, 0.4) is 0 Å². The number of rotatable bonds is 16. The maximum Gasteiger partial charge on any atom is 0.246 e. The smallest absolute Gasteiger partial charge is 0.246 e. The van der Waals surface area contributed by atoms with Crippen LogP contribution in [-0.4, -0.2) is 15.6 Å². The molecule has 1 amide bonds. The lowest BCUT2D eigenvalue weighted by Gasteiger charge is -2.24. The summed E-state index contributed by atoms with van der Waals surface area (Å²) in [5.41, 5.74) is 0.769. The summed E-state index contributed by atoms with van der Waals surface area (Å²) in [6.45, 7) is 2.24. The molecule has 2 rings (SSSR count). The molecule has 0 spiro atoms. The van der Waals surface area contributed by atoms with Crippen molar-refractivity contribution >= 4 is 23.2 Å². The maximum absolute atomic E-state index is 12.9. The highest BCUT2D eigenvalue weighted by Crippen LogP contribution is 2.21. The highest BCUT2D eigenvalue weighted by Gasteiger charge is 2.18. The van der Waals surface area contributed by atoms with Gasteiger partial charge in [-0.25, -0.2) is 9.69 Å². The van der Waals surface area contributed by atoms with E-state index in [9.17, 15) is 4.79 Å². The first kappa shape index (κ1) is 25.9. The predicted octanol–water partition coefficient (Wildman–Crippen LogP) is 8.15. The van der Waals surface area contributed by atoms with E-state index in [0.29, 0.717) is 11.6 Å². The molecule has 32 heavy (non-hydrogen) atoms. The fourth-order valence-corrected chi connectivity index (χ4v) is 3.79. The largest absolute Gasteiger partial charge is 0.273 e. The van der Waals surface area contributed by atoms with Crippen molar-refractivity contribution in [2.75, 3.05) is 5.01 Å². The zero-order valence-electron chi connectivity index (χ0n) is 19.5. The molecular weight excluding hydrogens is 418 g/mol. The van der Waals surface area contributed by atoms with Gasteiger partial charge in [0.05, 0.1) is 5.69 Å². The van der Waals surface area contributed by atoms with Crippen LogP contribution < -0.4 is 5.01 Å². The number of allylic oxidation sites excluding steroid dienone is 4. The van der Waals surface area contributed by atoms with Gasteiger partial charge in [-0.15, -0.1) is 0 Å². The van der Waals surface area contributed by atoms with Crippen molar-refractivity contribution in [2.45, 2.75) is 84.0 Å². The Morgan fingerprint density at radius 2 is 1.59 bits per heavy atom. The molecule has 0 aromatic carbocycles. The standard InChI is InChI=1S/C27H38ClN3O/c1-2-3-4-5-6-7-8-9-10-11-12-13-14-15-16-19-27(32)31(25-20-22-29-23-21-25)30-24-17-18-26(30)28/h6-7,9-10,17-18,20-24H,2-5,8,11-16,19H2,1H3/b7-6-,10-9-. The van der Waals surface area contributed by atoms with Crippen LogP contribution in [0.2, 0.25) is 5.15 Å². The molecule has 0 aliphatic carbocycles. The Morgan fingerprint density at radius 1 is 0.938 bits per heavy atom. The fourth-order valence-electron chi connectivity index (χ4n) is 3.58. The fraction of sp³-hybridized carbons (Fsp3) is 0.481. The van der Waals surface area contributed by atoms with Crippen LogP contribution in [0.1, 0.15) is 84.0 Å². The highest BCUT2D eigenvalue weighted by atomic mass is 35.5. The minimum atomic E-state index is 0.0417. The van der Waals surface area contributed by atoms with Gasteiger partial charge in [0.2, 0.25) is 5.91 Å². The molecule has 0 saturated carbocycles. The highest BCUT2D eigenvalue weighted by molar-refractivity contribution is 6.30. The van der Waals surface area contributed by atoms with E-state index in [-0.39, 0.29) is 5.91 Å². The summed E-state index contributed by atoms with van der Waals surface area (Å²) >= 11 is 6.27. The van der Waals surface area contributed by atoms with Gasteiger partial charge >= 0.3 is 0 Å². The molecule has 2 aromatic rings. The van der Waals surface area contributed by atoms with Crippen LogP contribution in [0.5, 0.6) is 0 Å². The van der Waals surface area contributed by atoms with Gasteiger partial charge in [-0.05, 0) is 62.8 Å². The lowest BCUT2D eigenvalue weighted by Crippen LogP contribution is -2.35. The van der Waals surface area contributed by atoms with Crippen molar-refractivity contribution in [3.05, 3.63) is 72.3 Å². The molecule has 0 atom stereocenters. The number of aromatic nitrogens is 2. The van der Waals surface area contributed by atoms with Crippen LogP contribution >= 0.6 is 11.6 Å². The second-order valence-corrected chi connectivity index (χ2v) is 8.45. The molecule has 174 valence electrons. The Balaban J connectivity index is 1.60. The SMILES string of the molecule is CCCCC/C=C\C/C=C\CCCCCCCC(=O)N(c1ccncc1)n1cccc1Cl. The van der Waals surface area contributed by atoms with Gasteiger partial charge in [0.1, 0.15) is 5.15 Å². The van der Waals surface area contributed by atoms with Crippen LogP contribution in [0, 0.1) is 0 Å². The van der Waals surface area contributed by atoms with E-state index in [0.717, 1.165) is 37.8 Å². The first-order chi connectivity index (χ1) is 15.7. The Morgan fingerprint density at radius 3 is 2.25 bits per heavy atom. The molecule has 0 saturated heterocycles. The number of hydrogen-bond donors (Lipinski definition) is 0. The third kappa shape index (κ3) is 9.86. The average molecular weight is 456 g/mol. The molecule has 0 aliphatic rings. The molecule has 0 N–H and O–H groups in total. The topological polar surface area (TPSA) is 38.1 Å². The van der Waals surface area contributed by atoms with Crippen LogP contribution in [-0.2, 0) is 4.79 Å². The van der Waals surface area contributed by atoms with E-state index in [1.54, 1.807) is 34.3 Å². The average Bonchev–Trinajstić information content (AvgIpc) is 3.22. The first-order valence-electron chi connectivity index (χ1n) is 12.1. The first-order valence-corrected chi connectivity index (χ1v) is 12.5. The monoisotopic (exact) mass is 455 g/mol. The zero-order chi connectivity index (χ0) is 22.9. The predicted molar refractivity (Wildman–Crippen MR) is 136 cm³/mol. The van der Waals surface area contributed by atoms with E-state index in [1.807, 2.05) is 18.2 Å². The lowest BCUT2D eigenvalue weighted by atomic mass is 10.1. The number of carbonyl (C=O) groups is 1. The Hall–Kier alpha value is -2.33. The molecule has 0 radical (unpaired) electrons. The molecule has 5 heteroatoms. The number of anilines is 1. The van der Waals surface area contributed by atoms with Crippen LogP contribution in [0.4, 0.5) is 5.69 Å². The maximum atomic E-state index is 12.9. The summed E-state index contributed by atoms with van der Waals surface area (Å²) < 4.78 is 1.69. The third-order valence-corrected chi connectivity index (χ3v) is 5.68. The van der Waals surface area contributed by atoms with Crippen molar-refractivity contribution < 1.29 is 4.79 Å². The number of unbranched alkanes of at least 4 members (excludes halogenated alkanes) is 8. The van der Waals surface area contributed by atoms with Crippen LogP contribution in [0.25, 0.3) is 0 Å². The summed E-state index contributed by atoms with van der Waals surface area (Å²) in [6, 6.07) is 7.26. The molecule has 0 bridgehead atoms. The van der Waals surface area contributed by atoms with Gasteiger partial charge in [0.15, 0.2) is 0 Å². The molecule has 0 fully saturated rings. The summed E-state index contributed by atoms with van der Waals surface area (Å²) in [7, 11) is 0. The van der Waals surface area contributed by atoms with Crippen molar-refractivity contribution in [1.82, 2.24) is 9.66 Å². The summed E-state index contributed by atoms with van der Waals surface area (Å²) in [4.78, 5) is 17.0. The third-order valence-electron chi connectivity index (χ3n) is 5.38. The number of pyridine rings is 1. The van der Waals surface area contributed by atoms with Gasteiger partial charge in [-0.3, -0.25) is 9.78 Å². The van der Waals surface area contributed by atoms with E-state index in [4.69, 9.17) is 11.6 Å². The summed E-state index contributed by atoms with van der Waals surface area (Å²) in [6.07, 6.45) is 27.7. The molecule has 2 aromatic heterocycles. The van der Waals surface area contributed by atoms with E-state index < -0.39 is 0 Å². The minimum absolute atomic E-state index is 0.0417. The number of hydrogen-bond acceptors (Lipinski definition) is 2. The summed E-state index contributed by atoms with van der Waals surface area (Å²) in [5, 5.41) is 2.14. The second-order valence-electron chi connectivity index (χ2n) is 8.07. The van der Waals surface area contributed by atoms with E-state index in [1.165, 1.54) is 38.5 Å². The van der Waals surface area contributed by atoms with Gasteiger partial charge < -0.3 is 0 Å².